The predicted octanol–water partition coefficient (Wildman–Crippen LogP) is 3.16. The van der Waals surface area contributed by atoms with Crippen molar-refractivity contribution in [3.05, 3.63) is 58.3 Å². The third-order valence-electron chi connectivity index (χ3n) is 2.55. The first-order chi connectivity index (χ1) is 9.16. The summed E-state index contributed by atoms with van der Waals surface area (Å²) in [4.78, 5) is 14.9. The van der Waals surface area contributed by atoms with Gasteiger partial charge in [-0.25, -0.2) is 4.79 Å². The summed E-state index contributed by atoms with van der Waals surface area (Å²) in [6.45, 7) is 0.466. The summed E-state index contributed by atoms with van der Waals surface area (Å²) in [6, 6.07) is 8.55. The number of ether oxygens (including phenoxy) is 1. The Morgan fingerprint density at radius 2 is 2.21 bits per heavy atom. The van der Waals surface area contributed by atoms with Crippen molar-refractivity contribution < 1.29 is 14.6 Å². The number of carbonyl (C=O) groups is 1. The van der Waals surface area contributed by atoms with Gasteiger partial charge in [-0.05, 0) is 45.8 Å². The van der Waals surface area contributed by atoms with Crippen LogP contribution in [0.3, 0.4) is 0 Å². The molecule has 0 spiro atoms. The fourth-order valence-corrected chi connectivity index (χ4v) is 1.93. The Bertz CT molecular complexity index is 572. The molecule has 4 nitrogen and oxygen atoms in total. The van der Waals surface area contributed by atoms with Crippen LogP contribution in [0.5, 0.6) is 5.75 Å². The standard InChI is InChI=1S/C14H12BrNO3/c15-12-4-3-11(14(17)18)8-13(12)19-7-5-10-2-1-6-16-9-10/h1-4,6,8-9H,5,7H2,(H,17,18). The van der Waals surface area contributed by atoms with E-state index in [0.29, 0.717) is 12.4 Å². The van der Waals surface area contributed by atoms with Crippen molar-refractivity contribution in [1.82, 2.24) is 4.98 Å². The number of pyridine rings is 1. The van der Waals surface area contributed by atoms with E-state index in [-0.39, 0.29) is 5.56 Å². The molecule has 1 aromatic heterocycles. The highest BCUT2D eigenvalue weighted by atomic mass is 79.9. The highest BCUT2D eigenvalue weighted by Gasteiger charge is 2.08. The topological polar surface area (TPSA) is 59.4 Å². The second kappa shape index (κ2) is 6.33. The fourth-order valence-electron chi connectivity index (χ4n) is 1.57. The van der Waals surface area contributed by atoms with Crippen LogP contribution < -0.4 is 4.74 Å². The highest BCUT2D eigenvalue weighted by Crippen LogP contribution is 2.26. The number of benzene rings is 1. The normalized spacial score (nSPS) is 10.2. The van der Waals surface area contributed by atoms with Crippen LogP contribution in [0.25, 0.3) is 0 Å². The molecule has 0 radical (unpaired) electrons. The second-order valence-corrected chi connectivity index (χ2v) is 4.76. The Balaban J connectivity index is 1.99. The number of hydrogen-bond acceptors (Lipinski definition) is 3. The molecule has 0 amide bonds. The van der Waals surface area contributed by atoms with Gasteiger partial charge in [-0.15, -0.1) is 0 Å². The van der Waals surface area contributed by atoms with Crippen LogP contribution in [-0.2, 0) is 6.42 Å². The molecule has 0 saturated heterocycles. The lowest BCUT2D eigenvalue weighted by atomic mass is 10.2. The van der Waals surface area contributed by atoms with E-state index >= 15 is 0 Å². The number of carboxylic acid groups (broad SMARTS) is 1. The summed E-state index contributed by atoms with van der Waals surface area (Å²) in [5, 5.41) is 8.92. The van der Waals surface area contributed by atoms with Crippen LogP contribution in [0.2, 0.25) is 0 Å². The first-order valence-corrected chi connectivity index (χ1v) is 6.50. The van der Waals surface area contributed by atoms with Crippen LogP contribution in [0.1, 0.15) is 15.9 Å². The average Bonchev–Trinajstić information content (AvgIpc) is 2.42. The van der Waals surface area contributed by atoms with Gasteiger partial charge in [-0.3, -0.25) is 4.98 Å². The van der Waals surface area contributed by atoms with E-state index in [1.54, 1.807) is 18.5 Å². The molecule has 98 valence electrons. The SMILES string of the molecule is O=C(O)c1ccc(Br)c(OCCc2cccnc2)c1. The molecule has 0 fully saturated rings. The number of hydrogen-bond donors (Lipinski definition) is 1. The molecule has 1 aromatic carbocycles. The summed E-state index contributed by atoms with van der Waals surface area (Å²) in [5.74, 6) is -0.437. The van der Waals surface area contributed by atoms with Crippen molar-refractivity contribution in [2.24, 2.45) is 0 Å². The van der Waals surface area contributed by atoms with E-state index in [1.807, 2.05) is 12.1 Å². The number of aromatic nitrogens is 1. The molecule has 2 rings (SSSR count). The Morgan fingerprint density at radius 3 is 2.89 bits per heavy atom. The van der Waals surface area contributed by atoms with Gasteiger partial charge in [-0.1, -0.05) is 6.07 Å². The second-order valence-electron chi connectivity index (χ2n) is 3.91. The number of rotatable bonds is 5. The van der Waals surface area contributed by atoms with Crippen LogP contribution >= 0.6 is 15.9 Å². The first-order valence-electron chi connectivity index (χ1n) is 5.71. The fraction of sp³-hybridized carbons (Fsp3) is 0.143. The van der Waals surface area contributed by atoms with E-state index in [9.17, 15) is 4.79 Å². The van der Waals surface area contributed by atoms with E-state index in [0.717, 1.165) is 16.5 Å². The minimum Gasteiger partial charge on any atom is -0.492 e. The van der Waals surface area contributed by atoms with Gasteiger partial charge in [0, 0.05) is 18.8 Å². The molecule has 0 aliphatic rings. The van der Waals surface area contributed by atoms with Crippen LogP contribution in [0.15, 0.2) is 47.2 Å². The zero-order chi connectivity index (χ0) is 13.7. The van der Waals surface area contributed by atoms with E-state index < -0.39 is 5.97 Å². The summed E-state index contributed by atoms with van der Waals surface area (Å²) < 4.78 is 6.33. The Kier molecular flexibility index (Phi) is 4.52. The van der Waals surface area contributed by atoms with Crippen molar-refractivity contribution in [2.45, 2.75) is 6.42 Å². The lowest BCUT2D eigenvalue weighted by molar-refractivity contribution is 0.0696. The quantitative estimate of drug-likeness (QED) is 0.918. The van der Waals surface area contributed by atoms with E-state index in [4.69, 9.17) is 9.84 Å². The molecule has 1 N–H and O–H groups in total. The van der Waals surface area contributed by atoms with Crippen LogP contribution in [0.4, 0.5) is 0 Å². The third-order valence-corrected chi connectivity index (χ3v) is 3.20. The van der Waals surface area contributed by atoms with Gasteiger partial charge >= 0.3 is 5.97 Å². The predicted molar refractivity (Wildman–Crippen MR) is 74.5 cm³/mol. The molecule has 1 heterocycles. The first kappa shape index (κ1) is 13.5. The molecule has 0 aliphatic heterocycles. The van der Waals surface area contributed by atoms with Gasteiger partial charge in [-0.2, -0.15) is 0 Å². The Hall–Kier alpha value is -1.88. The summed E-state index contributed by atoms with van der Waals surface area (Å²) in [7, 11) is 0. The van der Waals surface area contributed by atoms with Gasteiger partial charge in [0.1, 0.15) is 5.75 Å². The summed E-state index contributed by atoms with van der Waals surface area (Å²) >= 11 is 3.34. The van der Waals surface area contributed by atoms with Gasteiger partial charge in [0.2, 0.25) is 0 Å². The van der Waals surface area contributed by atoms with Crippen LogP contribution in [0, 0.1) is 0 Å². The monoisotopic (exact) mass is 321 g/mol. The summed E-state index contributed by atoms with van der Waals surface area (Å²) in [5.41, 5.74) is 1.28. The smallest absolute Gasteiger partial charge is 0.335 e. The molecule has 0 bridgehead atoms. The lowest BCUT2D eigenvalue weighted by Crippen LogP contribution is -2.03. The minimum absolute atomic E-state index is 0.208. The molecular weight excluding hydrogens is 310 g/mol. The molecule has 0 aliphatic carbocycles. The van der Waals surface area contributed by atoms with E-state index in [1.165, 1.54) is 12.1 Å². The molecular formula is C14H12BrNO3. The van der Waals surface area contributed by atoms with Crippen molar-refractivity contribution in [3.8, 4) is 5.75 Å². The van der Waals surface area contributed by atoms with Gasteiger partial charge in [0.25, 0.3) is 0 Å². The third kappa shape index (κ3) is 3.79. The maximum Gasteiger partial charge on any atom is 0.335 e. The van der Waals surface area contributed by atoms with Crippen molar-refractivity contribution in [3.63, 3.8) is 0 Å². The molecule has 5 heteroatoms. The molecule has 0 unspecified atom stereocenters. The Labute approximate surface area is 119 Å². The van der Waals surface area contributed by atoms with Crippen molar-refractivity contribution in [1.29, 1.82) is 0 Å². The molecule has 0 atom stereocenters. The zero-order valence-electron chi connectivity index (χ0n) is 10.0. The summed E-state index contributed by atoms with van der Waals surface area (Å²) in [6.07, 6.45) is 4.22. The maximum absolute atomic E-state index is 10.9. The number of halogens is 1. The largest absolute Gasteiger partial charge is 0.492 e. The average molecular weight is 322 g/mol. The van der Waals surface area contributed by atoms with Crippen molar-refractivity contribution in [2.75, 3.05) is 6.61 Å². The van der Waals surface area contributed by atoms with E-state index in [2.05, 4.69) is 20.9 Å². The van der Waals surface area contributed by atoms with Gasteiger partial charge in [0.15, 0.2) is 0 Å². The number of aromatic carboxylic acids is 1. The maximum atomic E-state index is 10.9. The van der Waals surface area contributed by atoms with Crippen LogP contribution in [-0.4, -0.2) is 22.7 Å². The number of carboxylic acids is 1. The highest BCUT2D eigenvalue weighted by molar-refractivity contribution is 9.10. The molecule has 2 aromatic rings. The Morgan fingerprint density at radius 1 is 1.37 bits per heavy atom. The number of nitrogens with zero attached hydrogens (tertiary/aromatic N) is 1. The van der Waals surface area contributed by atoms with Gasteiger partial charge in [0.05, 0.1) is 16.6 Å². The molecule has 19 heavy (non-hydrogen) atoms. The lowest BCUT2D eigenvalue weighted by Gasteiger charge is -2.09. The molecule has 0 saturated carbocycles. The van der Waals surface area contributed by atoms with Crippen molar-refractivity contribution >= 4 is 21.9 Å². The van der Waals surface area contributed by atoms with Gasteiger partial charge < -0.3 is 9.84 Å². The minimum atomic E-state index is -0.968. The zero-order valence-corrected chi connectivity index (χ0v) is 11.6.